The maximum atomic E-state index is 14.5. The number of fused-ring (bicyclic) bond motifs is 1. The third-order valence-corrected chi connectivity index (χ3v) is 5.72. The minimum atomic E-state index is -1.12. The van der Waals surface area contributed by atoms with Gasteiger partial charge in [0.15, 0.2) is 0 Å². The number of piperidine rings is 1. The molecule has 0 radical (unpaired) electrons. The van der Waals surface area contributed by atoms with E-state index in [1.807, 2.05) is 0 Å². The van der Waals surface area contributed by atoms with Crippen LogP contribution in [0.25, 0.3) is 0 Å². The lowest BCUT2D eigenvalue weighted by atomic mass is 10.0. The Balaban J connectivity index is 1.58. The number of rotatable bonds is 5. The van der Waals surface area contributed by atoms with Crippen molar-refractivity contribution in [3.05, 3.63) is 58.9 Å². The molecule has 2 aromatic rings. The summed E-state index contributed by atoms with van der Waals surface area (Å²) in [6.07, 6.45) is 0.00132. The molecule has 1 unspecified atom stereocenters. The maximum Gasteiger partial charge on any atom is 0.262 e. The molecule has 3 N–H and O–H groups in total. The number of amides is 6. The van der Waals surface area contributed by atoms with Crippen molar-refractivity contribution in [2.45, 2.75) is 32.7 Å². The van der Waals surface area contributed by atoms with Gasteiger partial charge in [-0.1, -0.05) is 19.9 Å². The van der Waals surface area contributed by atoms with Crippen LogP contribution in [-0.4, -0.2) is 46.4 Å². The monoisotopic (exact) mass is 480 g/mol. The summed E-state index contributed by atoms with van der Waals surface area (Å²) >= 11 is 0. The number of nitrogens with zero attached hydrogens (tertiary/aromatic N) is 1. The van der Waals surface area contributed by atoms with Crippen molar-refractivity contribution in [1.82, 2.24) is 10.2 Å². The zero-order chi connectivity index (χ0) is 25.4. The molecule has 180 valence electrons. The van der Waals surface area contributed by atoms with Crippen molar-refractivity contribution in [3.8, 4) is 0 Å². The lowest BCUT2D eigenvalue weighted by molar-refractivity contribution is -0.136. The number of carbonyl (C=O) groups is 6. The van der Waals surface area contributed by atoms with E-state index in [2.05, 4.69) is 16.0 Å². The van der Waals surface area contributed by atoms with Crippen LogP contribution in [0.3, 0.4) is 0 Å². The van der Waals surface area contributed by atoms with Crippen molar-refractivity contribution >= 4 is 46.8 Å². The molecule has 2 aliphatic rings. The standard InChI is InChI=1S/C24H21FN4O6/c1-11(2)20(31)27-16-5-3-4-15(25)19(16)22(33)26-12-6-7-13-14(10-12)24(35)29(23(13)34)17-8-9-18(30)28-21(17)32/h3-7,10-11,17H,8-9H2,1-2H3,(H,26,33)(H,27,31)(H,28,30,32). The van der Waals surface area contributed by atoms with Crippen LogP contribution in [0.1, 0.15) is 57.8 Å². The van der Waals surface area contributed by atoms with Gasteiger partial charge in [-0.3, -0.25) is 39.0 Å². The number of nitrogens with one attached hydrogen (secondary N) is 3. The highest BCUT2D eigenvalue weighted by Crippen LogP contribution is 2.30. The lowest BCUT2D eigenvalue weighted by Gasteiger charge is -2.27. The smallest absolute Gasteiger partial charge is 0.262 e. The fourth-order valence-electron chi connectivity index (χ4n) is 3.88. The Morgan fingerprint density at radius 3 is 2.43 bits per heavy atom. The second-order valence-electron chi connectivity index (χ2n) is 8.47. The Hall–Kier alpha value is -4.41. The second kappa shape index (κ2) is 9.09. The van der Waals surface area contributed by atoms with Crippen LogP contribution in [0, 0.1) is 11.7 Å². The first-order valence-corrected chi connectivity index (χ1v) is 10.8. The van der Waals surface area contributed by atoms with E-state index in [1.165, 1.54) is 30.3 Å². The molecule has 0 bridgehead atoms. The zero-order valence-electron chi connectivity index (χ0n) is 18.8. The molecule has 2 aliphatic heterocycles. The van der Waals surface area contributed by atoms with Crippen LogP contribution in [0.15, 0.2) is 36.4 Å². The van der Waals surface area contributed by atoms with Gasteiger partial charge in [0.1, 0.15) is 11.9 Å². The van der Waals surface area contributed by atoms with Gasteiger partial charge in [-0.2, -0.15) is 0 Å². The summed E-state index contributed by atoms with van der Waals surface area (Å²) in [5.74, 6) is -5.19. The molecule has 6 amide bonds. The summed E-state index contributed by atoms with van der Waals surface area (Å²) in [5, 5.41) is 7.11. The number of halogens is 1. The molecule has 4 rings (SSSR count). The van der Waals surface area contributed by atoms with E-state index >= 15 is 0 Å². The molecular formula is C24H21FN4O6. The van der Waals surface area contributed by atoms with Crippen molar-refractivity contribution < 1.29 is 33.2 Å². The average molecular weight is 480 g/mol. The Kier molecular flexibility index (Phi) is 6.16. The van der Waals surface area contributed by atoms with Gasteiger partial charge in [-0.15, -0.1) is 0 Å². The van der Waals surface area contributed by atoms with Gasteiger partial charge in [0.05, 0.1) is 22.4 Å². The van der Waals surface area contributed by atoms with Crippen molar-refractivity contribution in [2.75, 3.05) is 10.6 Å². The minimum absolute atomic E-state index is 0.0105. The molecule has 11 heteroatoms. The fourth-order valence-corrected chi connectivity index (χ4v) is 3.88. The number of hydrogen-bond donors (Lipinski definition) is 3. The van der Waals surface area contributed by atoms with Gasteiger partial charge < -0.3 is 10.6 Å². The highest BCUT2D eigenvalue weighted by atomic mass is 19.1. The van der Waals surface area contributed by atoms with E-state index in [9.17, 15) is 33.2 Å². The molecular weight excluding hydrogens is 459 g/mol. The third kappa shape index (κ3) is 4.39. The summed E-state index contributed by atoms with van der Waals surface area (Å²) < 4.78 is 14.5. The largest absolute Gasteiger partial charge is 0.325 e. The van der Waals surface area contributed by atoms with E-state index < -0.39 is 58.8 Å². The number of hydrogen-bond acceptors (Lipinski definition) is 6. The Morgan fingerprint density at radius 1 is 1.03 bits per heavy atom. The summed E-state index contributed by atoms with van der Waals surface area (Å²) in [6.45, 7) is 3.30. The van der Waals surface area contributed by atoms with Crippen molar-refractivity contribution in [2.24, 2.45) is 5.92 Å². The number of benzene rings is 2. The average Bonchev–Trinajstić information content (AvgIpc) is 3.03. The summed E-state index contributed by atoms with van der Waals surface area (Å²) in [5.41, 5.74) is -0.315. The van der Waals surface area contributed by atoms with Gasteiger partial charge in [0, 0.05) is 18.0 Å². The zero-order valence-corrected chi connectivity index (χ0v) is 18.8. The molecule has 35 heavy (non-hydrogen) atoms. The SMILES string of the molecule is CC(C)C(=O)Nc1cccc(F)c1C(=O)Nc1ccc2c(c1)C(=O)N(C1CCC(=O)NC1=O)C2=O. The molecule has 0 aromatic heterocycles. The van der Waals surface area contributed by atoms with Crippen molar-refractivity contribution in [3.63, 3.8) is 0 Å². The molecule has 1 atom stereocenters. The maximum absolute atomic E-state index is 14.5. The van der Waals surface area contributed by atoms with Crippen LogP contribution >= 0.6 is 0 Å². The van der Waals surface area contributed by atoms with Gasteiger partial charge >= 0.3 is 0 Å². The quantitative estimate of drug-likeness (QED) is 0.560. The highest BCUT2D eigenvalue weighted by Gasteiger charge is 2.44. The predicted molar refractivity (Wildman–Crippen MR) is 121 cm³/mol. The Labute approximate surface area is 198 Å². The summed E-state index contributed by atoms with van der Waals surface area (Å²) in [7, 11) is 0. The first-order chi connectivity index (χ1) is 16.6. The number of anilines is 2. The normalized spacial score (nSPS) is 17.4. The van der Waals surface area contributed by atoms with E-state index in [1.54, 1.807) is 13.8 Å². The molecule has 0 saturated carbocycles. The van der Waals surface area contributed by atoms with Gasteiger partial charge in [0.25, 0.3) is 17.7 Å². The van der Waals surface area contributed by atoms with E-state index in [0.717, 1.165) is 11.0 Å². The first kappa shape index (κ1) is 23.7. The fraction of sp³-hybridized carbons (Fsp3) is 0.250. The second-order valence-corrected chi connectivity index (χ2v) is 8.47. The predicted octanol–water partition coefficient (Wildman–Crippen LogP) is 2.07. The summed E-state index contributed by atoms with van der Waals surface area (Å²) in [6, 6.07) is 6.63. The van der Waals surface area contributed by atoms with Crippen LogP contribution in [0.5, 0.6) is 0 Å². The molecule has 0 aliphatic carbocycles. The minimum Gasteiger partial charge on any atom is -0.325 e. The van der Waals surface area contributed by atoms with Gasteiger partial charge in [-0.05, 0) is 36.8 Å². The lowest BCUT2D eigenvalue weighted by Crippen LogP contribution is -2.54. The molecule has 0 spiro atoms. The van der Waals surface area contributed by atoms with Crippen LogP contribution in [0.4, 0.5) is 15.8 Å². The van der Waals surface area contributed by atoms with Crippen LogP contribution in [0.2, 0.25) is 0 Å². The van der Waals surface area contributed by atoms with Gasteiger partial charge in [-0.25, -0.2) is 4.39 Å². The Morgan fingerprint density at radius 2 is 1.74 bits per heavy atom. The molecule has 2 aromatic carbocycles. The third-order valence-electron chi connectivity index (χ3n) is 5.72. The first-order valence-electron chi connectivity index (χ1n) is 10.8. The van der Waals surface area contributed by atoms with Crippen LogP contribution in [-0.2, 0) is 14.4 Å². The Bertz CT molecular complexity index is 1300. The molecule has 10 nitrogen and oxygen atoms in total. The number of carbonyl (C=O) groups excluding carboxylic acids is 6. The van der Waals surface area contributed by atoms with Crippen molar-refractivity contribution in [1.29, 1.82) is 0 Å². The topological polar surface area (TPSA) is 142 Å². The molecule has 1 fully saturated rings. The van der Waals surface area contributed by atoms with E-state index in [-0.39, 0.29) is 35.3 Å². The van der Waals surface area contributed by atoms with Crippen LogP contribution < -0.4 is 16.0 Å². The van der Waals surface area contributed by atoms with E-state index in [0.29, 0.717) is 0 Å². The molecule has 2 heterocycles. The number of imide groups is 2. The van der Waals surface area contributed by atoms with E-state index in [4.69, 9.17) is 0 Å². The molecule has 1 saturated heterocycles. The van der Waals surface area contributed by atoms with Gasteiger partial charge in [0.2, 0.25) is 17.7 Å². The summed E-state index contributed by atoms with van der Waals surface area (Å²) in [4.78, 5) is 75.1. The highest BCUT2D eigenvalue weighted by molar-refractivity contribution is 6.24.